The maximum atomic E-state index is 11.7. The summed E-state index contributed by atoms with van der Waals surface area (Å²) in [7, 11) is 1.43. The highest BCUT2D eigenvalue weighted by atomic mass is 16.5. The first-order valence-electron chi connectivity index (χ1n) is 5.20. The lowest BCUT2D eigenvalue weighted by Crippen LogP contribution is -2.23. The summed E-state index contributed by atoms with van der Waals surface area (Å²) in [6.45, 7) is 0.799. The molecule has 1 aromatic carbocycles. The van der Waals surface area contributed by atoms with Gasteiger partial charge in [-0.2, -0.15) is 0 Å². The fourth-order valence-electron chi connectivity index (χ4n) is 1.30. The van der Waals surface area contributed by atoms with E-state index in [1.54, 1.807) is 24.3 Å². The monoisotopic (exact) mass is 236 g/mol. The molecule has 0 aliphatic carbocycles. The van der Waals surface area contributed by atoms with Gasteiger partial charge in [0, 0.05) is 13.1 Å². The molecule has 17 heavy (non-hydrogen) atoms. The van der Waals surface area contributed by atoms with Crippen LogP contribution in [0.5, 0.6) is 11.5 Å². The van der Waals surface area contributed by atoms with Crippen LogP contribution in [0.25, 0.3) is 0 Å². The number of aromatic hydroxyl groups is 1. The van der Waals surface area contributed by atoms with Gasteiger partial charge in [-0.05, 0) is 12.1 Å². The van der Waals surface area contributed by atoms with Crippen molar-refractivity contribution in [3.05, 3.63) is 35.9 Å². The second-order valence-corrected chi connectivity index (χ2v) is 3.27. The molecule has 0 saturated heterocycles. The third-order valence-electron chi connectivity index (χ3n) is 2.15. The average molecular weight is 236 g/mol. The molecule has 1 rings (SSSR count). The summed E-state index contributed by atoms with van der Waals surface area (Å²) in [6, 6.07) is 4.75. The zero-order valence-corrected chi connectivity index (χ0v) is 9.64. The summed E-state index contributed by atoms with van der Waals surface area (Å²) in [4.78, 5) is 11.7. The van der Waals surface area contributed by atoms with Gasteiger partial charge in [-0.15, -0.1) is 0 Å². The standard InChI is InChI=1S/C12H16N2O3/c1-17-10-6-4-5-9(11(10)15)12(16)14-8-3-2-7-13/h2-6,15H,7-8,13H2,1H3,(H,14,16)/b3-2+. The van der Waals surface area contributed by atoms with Crippen molar-refractivity contribution >= 4 is 5.91 Å². The predicted molar refractivity (Wildman–Crippen MR) is 65.2 cm³/mol. The van der Waals surface area contributed by atoms with Crippen LogP contribution in [0.15, 0.2) is 30.4 Å². The first-order chi connectivity index (χ1) is 8.20. The van der Waals surface area contributed by atoms with Crippen LogP contribution in [0.1, 0.15) is 10.4 Å². The van der Waals surface area contributed by atoms with Crippen molar-refractivity contribution in [1.29, 1.82) is 0 Å². The smallest absolute Gasteiger partial charge is 0.255 e. The number of amides is 1. The molecule has 0 radical (unpaired) electrons. The average Bonchev–Trinajstić information content (AvgIpc) is 2.34. The first kappa shape index (κ1) is 13.1. The van der Waals surface area contributed by atoms with Crippen LogP contribution in [0.3, 0.4) is 0 Å². The lowest BCUT2D eigenvalue weighted by Gasteiger charge is -2.08. The first-order valence-corrected chi connectivity index (χ1v) is 5.20. The van der Waals surface area contributed by atoms with Crippen molar-refractivity contribution in [2.24, 2.45) is 5.73 Å². The van der Waals surface area contributed by atoms with Gasteiger partial charge < -0.3 is 20.9 Å². The van der Waals surface area contributed by atoms with Crippen molar-refractivity contribution in [3.8, 4) is 11.5 Å². The molecule has 0 fully saturated rings. The number of hydrogen-bond acceptors (Lipinski definition) is 4. The fraction of sp³-hybridized carbons (Fsp3) is 0.250. The number of hydrogen-bond donors (Lipinski definition) is 3. The largest absolute Gasteiger partial charge is 0.504 e. The second kappa shape index (κ2) is 6.55. The van der Waals surface area contributed by atoms with Crippen LogP contribution < -0.4 is 15.8 Å². The van der Waals surface area contributed by atoms with Gasteiger partial charge in [-0.3, -0.25) is 4.79 Å². The Morgan fingerprint density at radius 1 is 1.53 bits per heavy atom. The summed E-state index contributed by atoms with van der Waals surface area (Å²) in [5.41, 5.74) is 5.45. The van der Waals surface area contributed by atoms with Crippen LogP contribution in [-0.4, -0.2) is 31.2 Å². The Kier molecular flexibility index (Phi) is 5.03. The molecule has 0 unspecified atom stereocenters. The van der Waals surface area contributed by atoms with E-state index in [4.69, 9.17) is 10.5 Å². The van der Waals surface area contributed by atoms with Crippen LogP contribution in [0, 0.1) is 0 Å². The molecule has 0 aliphatic heterocycles. The van der Waals surface area contributed by atoms with Gasteiger partial charge in [-0.25, -0.2) is 0 Å². The van der Waals surface area contributed by atoms with E-state index in [0.717, 1.165) is 0 Å². The molecular formula is C12H16N2O3. The maximum absolute atomic E-state index is 11.7. The number of methoxy groups -OCH3 is 1. The Bertz CT molecular complexity index is 416. The van der Waals surface area contributed by atoms with E-state index in [2.05, 4.69) is 5.32 Å². The molecule has 5 nitrogen and oxygen atoms in total. The van der Waals surface area contributed by atoms with E-state index in [9.17, 15) is 9.90 Å². The lowest BCUT2D eigenvalue weighted by molar-refractivity contribution is 0.0954. The molecule has 1 amide bonds. The van der Waals surface area contributed by atoms with E-state index in [-0.39, 0.29) is 23.0 Å². The van der Waals surface area contributed by atoms with Crippen molar-refractivity contribution < 1.29 is 14.6 Å². The Morgan fingerprint density at radius 3 is 2.94 bits per heavy atom. The minimum absolute atomic E-state index is 0.157. The zero-order valence-electron chi connectivity index (χ0n) is 9.64. The second-order valence-electron chi connectivity index (χ2n) is 3.27. The van der Waals surface area contributed by atoms with Gasteiger partial charge in [0.05, 0.1) is 12.7 Å². The van der Waals surface area contributed by atoms with E-state index in [1.165, 1.54) is 13.2 Å². The third-order valence-corrected chi connectivity index (χ3v) is 2.15. The van der Waals surface area contributed by atoms with Crippen LogP contribution in [-0.2, 0) is 0 Å². The molecular weight excluding hydrogens is 220 g/mol. The van der Waals surface area contributed by atoms with Gasteiger partial charge in [0.1, 0.15) is 0 Å². The summed E-state index contributed by atoms with van der Waals surface area (Å²) >= 11 is 0. The molecule has 0 saturated carbocycles. The van der Waals surface area contributed by atoms with E-state index in [0.29, 0.717) is 13.1 Å². The normalized spacial score (nSPS) is 10.5. The molecule has 92 valence electrons. The molecule has 0 atom stereocenters. The molecule has 0 heterocycles. The topological polar surface area (TPSA) is 84.6 Å². The highest BCUT2D eigenvalue weighted by molar-refractivity contribution is 5.97. The molecule has 5 heteroatoms. The fourth-order valence-corrected chi connectivity index (χ4v) is 1.30. The lowest BCUT2D eigenvalue weighted by atomic mass is 10.1. The molecule has 0 bridgehead atoms. The Balaban J connectivity index is 2.72. The number of rotatable bonds is 5. The van der Waals surface area contributed by atoms with Crippen LogP contribution in [0.2, 0.25) is 0 Å². The number of nitrogens with one attached hydrogen (secondary N) is 1. The highest BCUT2D eigenvalue weighted by Crippen LogP contribution is 2.28. The van der Waals surface area contributed by atoms with Crippen molar-refractivity contribution in [2.45, 2.75) is 0 Å². The Labute approximate surface area is 99.9 Å². The Hall–Kier alpha value is -2.01. The molecule has 1 aromatic rings. The van der Waals surface area contributed by atoms with Gasteiger partial charge >= 0.3 is 0 Å². The molecule has 0 spiro atoms. The number of nitrogens with two attached hydrogens (primary N) is 1. The number of carbonyl (C=O) groups excluding carboxylic acids is 1. The summed E-state index contributed by atoms with van der Waals surface area (Å²) < 4.78 is 4.92. The van der Waals surface area contributed by atoms with Crippen molar-refractivity contribution in [3.63, 3.8) is 0 Å². The van der Waals surface area contributed by atoms with Gasteiger partial charge in [0.25, 0.3) is 5.91 Å². The molecule has 0 aromatic heterocycles. The minimum Gasteiger partial charge on any atom is -0.504 e. The van der Waals surface area contributed by atoms with E-state index >= 15 is 0 Å². The summed E-state index contributed by atoms with van der Waals surface area (Å²) in [5, 5.41) is 12.4. The van der Waals surface area contributed by atoms with Gasteiger partial charge in [0.15, 0.2) is 11.5 Å². The number of phenolic OH excluding ortho intramolecular Hbond substituents is 1. The van der Waals surface area contributed by atoms with Crippen molar-refractivity contribution in [1.82, 2.24) is 5.32 Å². The number of benzene rings is 1. The number of ether oxygens (including phenoxy) is 1. The van der Waals surface area contributed by atoms with Gasteiger partial charge in [-0.1, -0.05) is 18.2 Å². The summed E-state index contributed by atoms with van der Waals surface area (Å²) in [5.74, 6) is -0.242. The summed E-state index contributed by atoms with van der Waals surface area (Å²) in [6.07, 6.45) is 3.49. The quantitative estimate of drug-likeness (QED) is 0.655. The number of para-hydroxylation sites is 1. The van der Waals surface area contributed by atoms with Crippen LogP contribution in [0.4, 0.5) is 0 Å². The molecule has 0 aliphatic rings. The minimum atomic E-state index is -0.358. The number of phenols is 1. The predicted octanol–water partition coefficient (Wildman–Crippen LogP) is 0.645. The maximum Gasteiger partial charge on any atom is 0.255 e. The van der Waals surface area contributed by atoms with Gasteiger partial charge in [0.2, 0.25) is 0 Å². The zero-order chi connectivity index (χ0) is 12.7. The number of carbonyl (C=O) groups is 1. The SMILES string of the molecule is COc1cccc(C(=O)NC/C=C/CN)c1O. The van der Waals surface area contributed by atoms with Crippen molar-refractivity contribution in [2.75, 3.05) is 20.2 Å². The van der Waals surface area contributed by atoms with E-state index < -0.39 is 0 Å². The van der Waals surface area contributed by atoms with E-state index in [1.807, 2.05) is 0 Å². The van der Waals surface area contributed by atoms with Crippen LogP contribution >= 0.6 is 0 Å². The molecule has 4 N–H and O–H groups in total. The Morgan fingerprint density at radius 2 is 2.29 bits per heavy atom. The third kappa shape index (κ3) is 3.49. The highest BCUT2D eigenvalue weighted by Gasteiger charge is 2.13.